The van der Waals surface area contributed by atoms with Crippen molar-refractivity contribution in [2.45, 2.75) is 26.9 Å². The van der Waals surface area contributed by atoms with Crippen molar-refractivity contribution in [1.29, 1.82) is 0 Å². The zero-order chi connectivity index (χ0) is 19.1. The molecule has 0 saturated carbocycles. The van der Waals surface area contributed by atoms with Crippen LogP contribution < -0.4 is 15.4 Å². The molecule has 1 atom stereocenters. The number of hydrogen-bond acceptors (Lipinski definition) is 3. The van der Waals surface area contributed by atoms with Crippen LogP contribution in [0.1, 0.15) is 31.1 Å². The summed E-state index contributed by atoms with van der Waals surface area (Å²) in [6, 6.07) is 12.2. The Morgan fingerprint density at radius 2 is 1.69 bits per heavy atom. The lowest BCUT2D eigenvalue weighted by Gasteiger charge is -2.16. The largest absolute Gasteiger partial charge is 0.481 e. The molecule has 0 aliphatic heterocycles. The Morgan fingerprint density at radius 3 is 2.35 bits per heavy atom. The lowest BCUT2D eigenvalue weighted by Crippen LogP contribution is -2.32. The van der Waals surface area contributed by atoms with Crippen molar-refractivity contribution in [2.75, 3.05) is 11.9 Å². The fourth-order valence-corrected chi connectivity index (χ4v) is 2.19. The van der Waals surface area contributed by atoms with Crippen LogP contribution in [0.25, 0.3) is 0 Å². The SMILES string of the molecule is CC(C)CNC(=O)c1ccccc1NC(=O)[C@@H](C)Oc1ccc(F)cc1. The molecule has 2 rings (SSSR count). The third kappa shape index (κ3) is 5.58. The van der Waals surface area contributed by atoms with Gasteiger partial charge in [-0.05, 0) is 49.2 Å². The van der Waals surface area contributed by atoms with Crippen molar-refractivity contribution < 1.29 is 18.7 Å². The maximum atomic E-state index is 12.9. The maximum absolute atomic E-state index is 12.9. The zero-order valence-corrected chi connectivity index (χ0v) is 15.1. The molecule has 0 aliphatic carbocycles. The van der Waals surface area contributed by atoms with Gasteiger partial charge in [-0.15, -0.1) is 0 Å². The van der Waals surface area contributed by atoms with Gasteiger partial charge in [0.05, 0.1) is 11.3 Å². The van der Waals surface area contributed by atoms with Crippen LogP contribution >= 0.6 is 0 Å². The molecule has 2 aromatic rings. The summed E-state index contributed by atoms with van der Waals surface area (Å²) in [4.78, 5) is 24.7. The molecule has 0 unspecified atom stereocenters. The summed E-state index contributed by atoms with van der Waals surface area (Å²) < 4.78 is 18.4. The second-order valence-corrected chi connectivity index (χ2v) is 6.35. The van der Waals surface area contributed by atoms with Crippen molar-refractivity contribution in [1.82, 2.24) is 5.32 Å². The lowest BCUT2D eigenvalue weighted by atomic mass is 10.1. The first-order valence-electron chi connectivity index (χ1n) is 8.47. The molecule has 0 heterocycles. The normalized spacial score (nSPS) is 11.7. The van der Waals surface area contributed by atoms with E-state index in [4.69, 9.17) is 4.74 Å². The van der Waals surface area contributed by atoms with Gasteiger partial charge < -0.3 is 15.4 Å². The first kappa shape index (κ1) is 19.4. The van der Waals surface area contributed by atoms with Crippen LogP contribution in [0.3, 0.4) is 0 Å². The van der Waals surface area contributed by atoms with Crippen LogP contribution in [-0.2, 0) is 4.79 Å². The van der Waals surface area contributed by atoms with Crippen LogP contribution in [-0.4, -0.2) is 24.5 Å². The summed E-state index contributed by atoms with van der Waals surface area (Å²) in [6.45, 7) is 6.14. The van der Waals surface area contributed by atoms with Gasteiger partial charge in [0.2, 0.25) is 0 Å². The van der Waals surface area contributed by atoms with E-state index < -0.39 is 12.0 Å². The second-order valence-electron chi connectivity index (χ2n) is 6.35. The summed E-state index contributed by atoms with van der Waals surface area (Å²) in [5, 5.41) is 5.54. The molecule has 2 amide bonds. The predicted octanol–water partition coefficient (Wildman–Crippen LogP) is 3.62. The summed E-state index contributed by atoms with van der Waals surface area (Å²) in [5.74, 6) is -0.322. The monoisotopic (exact) mass is 358 g/mol. The second kappa shape index (κ2) is 8.99. The Hall–Kier alpha value is -2.89. The fourth-order valence-electron chi connectivity index (χ4n) is 2.19. The molecule has 26 heavy (non-hydrogen) atoms. The van der Waals surface area contributed by atoms with Crippen molar-refractivity contribution >= 4 is 17.5 Å². The van der Waals surface area contributed by atoms with Crippen molar-refractivity contribution in [2.24, 2.45) is 5.92 Å². The van der Waals surface area contributed by atoms with E-state index in [-0.39, 0.29) is 11.7 Å². The quantitative estimate of drug-likeness (QED) is 0.794. The minimum atomic E-state index is -0.813. The molecule has 0 bridgehead atoms. The highest BCUT2D eigenvalue weighted by Crippen LogP contribution is 2.17. The molecular formula is C20H23FN2O3. The molecule has 0 spiro atoms. The maximum Gasteiger partial charge on any atom is 0.265 e. The Labute approximate surface area is 152 Å². The summed E-state index contributed by atoms with van der Waals surface area (Å²) in [7, 11) is 0. The highest BCUT2D eigenvalue weighted by molar-refractivity contribution is 6.04. The molecule has 0 saturated heterocycles. The molecular weight excluding hydrogens is 335 g/mol. The predicted molar refractivity (Wildman–Crippen MR) is 98.7 cm³/mol. The third-order valence-corrected chi connectivity index (χ3v) is 3.60. The number of halogens is 1. The minimum absolute atomic E-state index is 0.248. The summed E-state index contributed by atoms with van der Waals surface area (Å²) in [6.07, 6.45) is -0.813. The van der Waals surface area contributed by atoms with E-state index in [1.54, 1.807) is 31.2 Å². The number of carbonyl (C=O) groups is 2. The number of hydrogen-bond donors (Lipinski definition) is 2. The molecule has 0 fully saturated rings. The fraction of sp³-hybridized carbons (Fsp3) is 0.300. The van der Waals surface area contributed by atoms with E-state index in [0.717, 1.165) is 0 Å². The molecule has 0 aromatic heterocycles. The van der Waals surface area contributed by atoms with E-state index >= 15 is 0 Å². The number of amides is 2. The zero-order valence-electron chi connectivity index (χ0n) is 15.1. The average Bonchev–Trinajstić information content (AvgIpc) is 2.62. The Balaban J connectivity index is 2.04. The smallest absolute Gasteiger partial charge is 0.265 e. The number of para-hydroxylation sites is 1. The van der Waals surface area contributed by atoms with E-state index in [1.807, 2.05) is 13.8 Å². The summed E-state index contributed by atoms with van der Waals surface area (Å²) in [5.41, 5.74) is 0.795. The van der Waals surface area contributed by atoms with Gasteiger partial charge in [0.25, 0.3) is 11.8 Å². The average molecular weight is 358 g/mol. The van der Waals surface area contributed by atoms with Gasteiger partial charge in [0.1, 0.15) is 11.6 Å². The topological polar surface area (TPSA) is 67.4 Å². The number of rotatable bonds is 7. The number of nitrogens with one attached hydrogen (secondary N) is 2. The Bertz CT molecular complexity index is 760. The number of benzene rings is 2. The van der Waals surface area contributed by atoms with Crippen LogP contribution in [0.5, 0.6) is 5.75 Å². The van der Waals surface area contributed by atoms with E-state index in [1.165, 1.54) is 24.3 Å². The van der Waals surface area contributed by atoms with Gasteiger partial charge in [-0.3, -0.25) is 9.59 Å². The number of carbonyl (C=O) groups excluding carboxylic acids is 2. The highest BCUT2D eigenvalue weighted by atomic mass is 19.1. The number of anilines is 1. The van der Waals surface area contributed by atoms with Gasteiger partial charge in [-0.2, -0.15) is 0 Å². The molecule has 6 heteroatoms. The standard InChI is InChI=1S/C20H23FN2O3/c1-13(2)12-22-20(25)17-6-4-5-7-18(17)23-19(24)14(3)26-16-10-8-15(21)9-11-16/h4-11,13-14H,12H2,1-3H3,(H,22,25)(H,23,24)/t14-/m1/s1. The third-order valence-electron chi connectivity index (χ3n) is 3.60. The summed E-state index contributed by atoms with van der Waals surface area (Å²) >= 11 is 0. The lowest BCUT2D eigenvalue weighted by molar-refractivity contribution is -0.122. The van der Waals surface area contributed by atoms with E-state index in [0.29, 0.717) is 29.5 Å². The van der Waals surface area contributed by atoms with Gasteiger partial charge in [-0.1, -0.05) is 26.0 Å². The molecule has 0 aliphatic rings. The first-order valence-corrected chi connectivity index (χ1v) is 8.47. The van der Waals surface area contributed by atoms with Crippen LogP contribution in [0.4, 0.5) is 10.1 Å². The van der Waals surface area contributed by atoms with E-state index in [2.05, 4.69) is 10.6 Å². The van der Waals surface area contributed by atoms with Crippen LogP contribution in [0.15, 0.2) is 48.5 Å². The van der Waals surface area contributed by atoms with E-state index in [9.17, 15) is 14.0 Å². The van der Waals surface area contributed by atoms with Crippen LogP contribution in [0.2, 0.25) is 0 Å². The highest BCUT2D eigenvalue weighted by Gasteiger charge is 2.18. The number of ether oxygens (including phenoxy) is 1. The van der Waals surface area contributed by atoms with Gasteiger partial charge in [-0.25, -0.2) is 4.39 Å². The van der Waals surface area contributed by atoms with Gasteiger partial charge in [0.15, 0.2) is 6.10 Å². The Kier molecular flexibility index (Phi) is 6.72. The Morgan fingerprint density at radius 1 is 1.04 bits per heavy atom. The van der Waals surface area contributed by atoms with Crippen molar-refractivity contribution in [3.63, 3.8) is 0 Å². The molecule has 138 valence electrons. The van der Waals surface area contributed by atoms with Gasteiger partial charge >= 0.3 is 0 Å². The molecule has 2 aromatic carbocycles. The van der Waals surface area contributed by atoms with Crippen molar-refractivity contribution in [3.05, 3.63) is 59.9 Å². The molecule has 5 nitrogen and oxygen atoms in total. The first-order chi connectivity index (χ1) is 12.4. The van der Waals surface area contributed by atoms with Gasteiger partial charge in [0, 0.05) is 6.54 Å². The van der Waals surface area contributed by atoms with Crippen LogP contribution in [0, 0.1) is 11.7 Å². The molecule has 2 N–H and O–H groups in total. The van der Waals surface area contributed by atoms with Crippen molar-refractivity contribution in [3.8, 4) is 5.75 Å². The minimum Gasteiger partial charge on any atom is -0.481 e. The molecule has 0 radical (unpaired) electrons.